The molecular weight excluding hydrogens is 252 g/mol. The number of aliphatic carboxylic acids is 1. The van der Waals surface area contributed by atoms with Gasteiger partial charge in [-0.05, 0) is 37.7 Å². The summed E-state index contributed by atoms with van der Waals surface area (Å²) in [6.07, 6.45) is 5.01. The van der Waals surface area contributed by atoms with E-state index in [1.807, 2.05) is 6.26 Å². The van der Waals surface area contributed by atoms with Crippen LogP contribution >= 0.6 is 11.8 Å². The first-order valence-corrected chi connectivity index (χ1v) is 7.67. The lowest BCUT2D eigenvalue weighted by Crippen LogP contribution is -2.42. The minimum absolute atomic E-state index is 0.0154. The number of rotatable bonds is 6. The first-order chi connectivity index (χ1) is 8.54. The first-order valence-electron chi connectivity index (χ1n) is 6.28. The van der Waals surface area contributed by atoms with E-state index in [4.69, 9.17) is 5.11 Å². The molecule has 2 N–H and O–H groups in total. The molecule has 1 fully saturated rings. The normalized spacial score (nSPS) is 22.8. The van der Waals surface area contributed by atoms with Crippen LogP contribution in [0.5, 0.6) is 0 Å². The van der Waals surface area contributed by atoms with E-state index < -0.39 is 5.97 Å². The van der Waals surface area contributed by atoms with Gasteiger partial charge in [0.1, 0.15) is 0 Å². The molecule has 2 amide bonds. The summed E-state index contributed by atoms with van der Waals surface area (Å²) in [6.45, 7) is 0.738. The number of carbonyl (C=O) groups is 2. The smallest absolute Gasteiger partial charge is 0.317 e. The van der Waals surface area contributed by atoms with Crippen LogP contribution in [0.4, 0.5) is 4.79 Å². The van der Waals surface area contributed by atoms with E-state index in [9.17, 15) is 9.59 Å². The molecule has 6 heteroatoms. The molecule has 1 saturated carbocycles. The Hall–Kier alpha value is -0.910. The number of carbonyl (C=O) groups excluding carboxylic acids is 1. The van der Waals surface area contributed by atoms with Gasteiger partial charge in [-0.1, -0.05) is 0 Å². The first kappa shape index (κ1) is 15.1. The van der Waals surface area contributed by atoms with Crippen LogP contribution < -0.4 is 5.32 Å². The van der Waals surface area contributed by atoms with Crippen LogP contribution in [-0.2, 0) is 4.79 Å². The molecule has 0 aromatic rings. The minimum atomic E-state index is -0.750. The molecule has 1 rings (SSSR count). The Morgan fingerprint density at radius 2 is 2.17 bits per heavy atom. The van der Waals surface area contributed by atoms with Crippen molar-refractivity contribution in [1.82, 2.24) is 10.2 Å². The highest BCUT2D eigenvalue weighted by Crippen LogP contribution is 2.25. The van der Waals surface area contributed by atoms with Gasteiger partial charge in [-0.2, -0.15) is 11.8 Å². The number of nitrogens with zero attached hydrogens (tertiary/aromatic N) is 1. The van der Waals surface area contributed by atoms with Gasteiger partial charge in [0.15, 0.2) is 0 Å². The van der Waals surface area contributed by atoms with E-state index in [1.165, 1.54) is 0 Å². The SMILES string of the molecule is CSCCCN(C)C(=O)N[C@H]1CC[C@@H](C(=O)O)C1. The van der Waals surface area contributed by atoms with Crippen molar-refractivity contribution >= 4 is 23.8 Å². The van der Waals surface area contributed by atoms with Crippen molar-refractivity contribution in [2.24, 2.45) is 5.92 Å². The molecule has 0 aromatic heterocycles. The van der Waals surface area contributed by atoms with E-state index in [2.05, 4.69) is 5.32 Å². The van der Waals surface area contributed by atoms with Gasteiger partial charge in [0.05, 0.1) is 5.92 Å². The van der Waals surface area contributed by atoms with Crippen molar-refractivity contribution < 1.29 is 14.7 Å². The summed E-state index contributed by atoms with van der Waals surface area (Å²) >= 11 is 1.77. The van der Waals surface area contributed by atoms with Crippen LogP contribution in [0.25, 0.3) is 0 Å². The number of nitrogens with one attached hydrogen (secondary N) is 1. The Kier molecular flexibility index (Phi) is 6.32. The van der Waals surface area contributed by atoms with Gasteiger partial charge in [0.2, 0.25) is 0 Å². The molecule has 2 atom stereocenters. The molecule has 104 valence electrons. The number of carboxylic acid groups (broad SMARTS) is 1. The lowest BCUT2D eigenvalue weighted by molar-refractivity contribution is -0.141. The maximum atomic E-state index is 11.8. The summed E-state index contributed by atoms with van der Waals surface area (Å²) in [5.41, 5.74) is 0. The van der Waals surface area contributed by atoms with Crippen molar-refractivity contribution in [2.45, 2.75) is 31.7 Å². The van der Waals surface area contributed by atoms with Crippen LogP contribution in [0.3, 0.4) is 0 Å². The molecule has 0 aromatic carbocycles. The predicted molar refractivity (Wildman–Crippen MR) is 72.9 cm³/mol. The monoisotopic (exact) mass is 274 g/mol. The molecule has 0 heterocycles. The molecule has 0 bridgehead atoms. The topological polar surface area (TPSA) is 69.6 Å². The van der Waals surface area contributed by atoms with Crippen LogP contribution in [-0.4, -0.2) is 53.6 Å². The molecule has 0 unspecified atom stereocenters. The van der Waals surface area contributed by atoms with E-state index in [0.29, 0.717) is 12.8 Å². The van der Waals surface area contributed by atoms with Gasteiger partial charge >= 0.3 is 12.0 Å². The van der Waals surface area contributed by atoms with Gasteiger partial charge in [-0.3, -0.25) is 4.79 Å². The molecular formula is C12H22N2O3S. The number of amides is 2. The highest BCUT2D eigenvalue weighted by molar-refractivity contribution is 7.98. The average Bonchev–Trinajstić information content (AvgIpc) is 2.77. The molecule has 0 saturated heterocycles. The third-order valence-corrected chi connectivity index (χ3v) is 4.00. The molecule has 1 aliphatic rings. The van der Waals surface area contributed by atoms with Gasteiger partial charge in [-0.15, -0.1) is 0 Å². The fourth-order valence-electron chi connectivity index (χ4n) is 2.17. The number of hydrogen-bond acceptors (Lipinski definition) is 3. The zero-order valence-corrected chi connectivity index (χ0v) is 11.8. The maximum Gasteiger partial charge on any atom is 0.317 e. The lowest BCUT2D eigenvalue weighted by Gasteiger charge is -2.20. The lowest BCUT2D eigenvalue weighted by atomic mass is 10.1. The summed E-state index contributed by atoms with van der Waals surface area (Å²) in [4.78, 5) is 24.3. The predicted octanol–water partition coefficient (Wildman–Crippen LogP) is 1.63. The molecule has 0 spiro atoms. The Morgan fingerprint density at radius 3 is 2.72 bits per heavy atom. The van der Waals surface area contributed by atoms with E-state index in [1.54, 1.807) is 23.7 Å². The third kappa shape index (κ3) is 4.76. The Bertz CT molecular complexity index is 299. The number of thioether (sulfide) groups is 1. The second kappa shape index (κ2) is 7.51. The zero-order chi connectivity index (χ0) is 13.5. The maximum absolute atomic E-state index is 11.8. The highest BCUT2D eigenvalue weighted by atomic mass is 32.2. The van der Waals surface area contributed by atoms with Crippen molar-refractivity contribution in [3.63, 3.8) is 0 Å². The summed E-state index contributed by atoms with van der Waals surface area (Å²) in [5.74, 6) is -0.000499. The summed E-state index contributed by atoms with van der Waals surface area (Å²) < 4.78 is 0. The van der Waals surface area contributed by atoms with Crippen LogP contribution in [0.1, 0.15) is 25.7 Å². The Balaban J connectivity index is 2.26. The van der Waals surface area contributed by atoms with Gasteiger partial charge in [0, 0.05) is 19.6 Å². The van der Waals surface area contributed by atoms with Gasteiger partial charge in [0.25, 0.3) is 0 Å². The highest BCUT2D eigenvalue weighted by Gasteiger charge is 2.30. The van der Waals surface area contributed by atoms with Gasteiger partial charge in [-0.25, -0.2) is 4.79 Å². The number of urea groups is 1. The standard InChI is InChI=1S/C12H22N2O3S/c1-14(6-3-7-18-2)12(17)13-10-5-4-9(8-10)11(15)16/h9-10H,3-8H2,1-2H3,(H,13,17)(H,15,16)/t9-,10+/m1/s1. The molecule has 5 nitrogen and oxygen atoms in total. The summed E-state index contributed by atoms with van der Waals surface area (Å²) in [5, 5.41) is 11.8. The second-order valence-electron chi connectivity index (χ2n) is 4.76. The Labute approximate surface area is 112 Å². The van der Waals surface area contributed by atoms with Crippen LogP contribution in [0.2, 0.25) is 0 Å². The van der Waals surface area contributed by atoms with E-state index in [0.717, 1.165) is 25.1 Å². The molecule has 18 heavy (non-hydrogen) atoms. The Morgan fingerprint density at radius 1 is 1.44 bits per heavy atom. The molecule has 0 radical (unpaired) electrons. The molecule has 0 aliphatic heterocycles. The fraction of sp³-hybridized carbons (Fsp3) is 0.833. The van der Waals surface area contributed by atoms with Gasteiger partial charge < -0.3 is 15.3 Å². The van der Waals surface area contributed by atoms with Crippen molar-refractivity contribution in [1.29, 1.82) is 0 Å². The second-order valence-corrected chi connectivity index (χ2v) is 5.75. The fourth-order valence-corrected chi connectivity index (χ4v) is 2.59. The number of hydrogen-bond donors (Lipinski definition) is 2. The summed E-state index contributed by atoms with van der Waals surface area (Å²) in [6, 6.07) is -0.0752. The van der Waals surface area contributed by atoms with E-state index >= 15 is 0 Å². The average molecular weight is 274 g/mol. The third-order valence-electron chi connectivity index (χ3n) is 3.30. The largest absolute Gasteiger partial charge is 0.481 e. The quantitative estimate of drug-likeness (QED) is 0.722. The van der Waals surface area contributed by atoms with Crippen LogP contribution in [0, 0.1) is 5.92 Å². The van der Waals surface area contributed by atoms with Crippen molar-refractivity contribution in [3.8, 4) is 0 Å². The van der Waals surface area contributed by atoms with Crippen molar-refractivity contribution in [3.05, 3.63) is 0 Å². The summed E-state index contributed by atoms with van der Waals surface area (Å²) in [7, 11) is 1.78. The van der Waals surface area contributed by atoms with E-state index in [-0.39, 0.29) is 18.0 Å². The zero-order valence-electron chi connectivity index (χ0n) is 11.0. The number of carboxylic acids is 1. The van der Waals surface area contributed by atoms with Crippen LogP contribution in [0.15, 0.2) is 0 Å². The minimum Gasteiger partial charge on any atom is -0.481 e. The van der Waals surface area contributed by atoms with Crippen molar-refractivity contribution in [2.75, 3.05) is 25.6 Å². The molecule has 1 aliphatic carbocycles.